The highest BCUT2D eigenvalue weighted by molar-refractivity contribution is 5.49. The average molecular weight is 285 g/mol. The molecule has 3 heteroatoms. The average Bonchev–Trinajstić information content (AvgIpc) is 2.49. The van der Waals surface area contributed by atoms with Crippen molar-refractivity contribution >= 4 is 6.29 Å². The van der Waals surface area contributed by atoms with Crippen LogP contribution in [-0.2, 0) is 10.3 Å². The van der Waals surface area contributed by atoms with Gasteiger partial charge in [-0.3, -0.25) is 0 Å². The van der Waals surface area contributed by atoms with E-state index in [1.54, 1.807) is 7.11 Å². The molecule has 0 aromatic heterocycles. The van der Waals surface area contributed by atoms with Crippen molar-refractivity contribution in [3.63, 3.8) is 0 Å². The number of ether oxygens (including phenoxy) is 1. The van der Waals surface area contributed by atoms with E-state index in [0.29, 0.717) is 13.0 Å². The zero-order valence-corrected chi connectivity index (χ0v) is 12.9. The Hall–Kier alpha value is -1.87. The minimum absolute atomic E-state index is 0.0980. The minimum Gasteiger partial charge on any atom is -0.497 e. The van der Waals surface area contributed by atoms with E-state index in [2.05, 4.69) is 55.6 Å². The van der Waals surface area contributed by atoms with Crippen molar-refractivity contribution in [1.29, 1.82) is 0 Å². The Labute approximate surface area is 126 Å². The van der Waals surface area contributed by atoms with E-state index < -0.39 is 0 Å². The predicted molar refractivity (Wildman–Crippen MR) is 85.4 cm³/mol. The first kappa shape index (κ1) is 15.5. The van der Waals surface area contributed by atoms with Gasteiger partial charge in [0.15, 0.2) is 0 Å². The lowest BCUT2D eigenvalue weighted by molar-refractivity contribution is -0.107. The Morgan fingerprint density at radius 3 is 2.38 bits per heavy atom. The molecule has 0 spiro atoms. The number of hydrogen-bond acceptors (Lipinski definition) is 3. The fourth-order valence-electron chi connectivity index (χ4n) is 2.88. The van der Waals surface area contributed by atoms with Crippen molar-refractivity contribution in [2.24, 2.45) is 5.41 Å². The molecule has 3 nitrogen and oxygen atoms in total. The number of methoxy groups -OCH3 is 1. The van der Waals surface area contributed by atoms with Gasteiger partial charge in [-0.1, -0.05) is 50.3 Å². The summed E-state index contributed by atoms with van der Waals surface area (Å²) >= 11 is 0. The van der Waals surface area contributed by atoms with Gasteiger partial charge in [-0.2, -0.15) is 0 Å². The number of rotatable bonds is 6. The lowest BCUT2D eigenvalue weighted by atomic mass is 9.66. The summed E-state index contributed by atoms with van der Waals surface area (Å²) in [7, 11) is 1.67. The summed E-state index contributed by atoms with van der Waals surface area (Å²) in [6.07, 6.45) is 9.97. The Kier molecular flexibility index (Phi) is 4.63. The molecule has 1 aliphatic carbocycles. The van der Waals surface area contributed by atoms with E-state index in [4.69, 9.17) is 4.74 Å². The summed E-state index contributed by atoms with van der Waals surface area (Å²) in [4.78, 5) is 10.6. The van der Waals surface area contributed by atoms with E-state index in [-0.39, 0.29) is 11.0 Å². The van der Waals surface area contributed by atoms with E-state index in [0.717, 1.165) is 12.0 Å². The van der Waals surface area contributed by atoms with Crippen LogP contribution < -0.4 is 10.1 Å². The van der Waals surface area contributed by atoms with Crippen LogP contribution in [0.15, 0.2) is 48.6 Å². The summed E-state index contributed by atoms with van der Waals surface area (Å²) in [6.45, 7) is 5.05. The monoisotopic (exact) mass is 285 g/mol. The maximum absolute atomic E-state index is 10.6. The fraction of sp³-hybridized carbons (Fsp3) is 0.389. The molecular weight excluding hydrogens is 262 g/mol. The van der Waals surface area contributed by atoms with E-state index >= 15 is 0 Å². The molecule has 0 bridgehead atoms. The van der Waals surface area contributed by atoms with Gasteiger partial charge in [0.1, 0.15) is 12.0 Å². The van der Waals surface area contributed by atoms with Crippen LogP contribution in [0, 0.1) is 5.41 Å². The highest BCUT2D eigenvalue weighted by Crippen LogP contribution is 2.44. The molecular formula is C18H23NO2. The Bertz CT molecular complexity index is 543. The molecule has 112 valence electrons. The van der Waals surface area contributed by atoms with Gasteiger partial charge in [0.05, 0.1) is 12.6 Å². The quantitative estimate of drug-likeness (QED) is 0.644. The minimum atomic E-state index is -0.322. The van der Waals surface area contributed by atoms with Crippen LogP contribution >= 0.6 is 0 Å². The van der Waals surface area contributed by atoms with Gasteiger partial charge in [0, 0.05) is 18.4 Å². The van der Waals surface area contributed by atoms with Gasteiger partial charge in [-0.05, 0) is 17.7 Å². The van der Waals surface area contributed by atoms with Crippen molar-refractivity contribution in [3.05, 3.63) is 54.1 Å². The fourth-order valence-corrected chi connectivity index (χ4v) is 2.88. The van der Waals surface area contributed by atoms with Crippen molar-refractivity contribution in [2.45, 2.75) is 25.8 Å². The van der Waals surface area contributed by atoms with Gasteiger partial charge in [0.2, 0.25) is 0 Å². The molecule has 2 rings (SSSR count). The van der Waals surface area contributed by atoms with Crippen LogP contribution in [0.4, 0.5) is 0 Å². The third-order valence-electron chi connectivity index (χ3n) is 4.20. The molecule has 0 amide bonds. The topological polar surface area (TPSA) is 38.3 Å². The van der Waals surface area contributed by atoms with E-state index in [9.17, 15) is 4.79 Å². The van der Waals surface area contributed by atoms with Crippen LogP contribution in [0.1, 0.15) is 25.8 Å². The summed E-state index contributed by atoms with van der Waals surface area (Å²) in [5, 5.41) is 3.57. The SMILES string of the molecule is COc1ccc(C2(NCCC=O)C=CC=CC2(C)C)cc1. The predicted octanol–water partition coefficient (Wildman–Crippen LogP) is 3.22. The second-order valence-electron chi connectivity index (χ2n) is 5.86. The number of benzene rings is 1. The zero-order valence-electron chi connectivity index (χ0n) is 12.9. The van der Waals surface area contributed by atoms with Crippen LogP contribution in [-0.4, -0.2) is 19.9 Å². The maximum Gasteiger partial charge on any atom is 0.121 e. The first-order valence-corrected chi connectivity index (χ1v) is 7.26. The van der Waals surface area contributed by atoms with Crippen molar-refractivity contribution in [2.75, 3.05) is 13.7 Å². The number of hydrogen-bond donors (Lipinski definition) is 1. The van der Waals surface area contributed by atoms with Crippen molar-refractivity contribution < 1.29 is 9.53 Å². The molecule has 1 aromatic rings. The number of carbonyl (C=O) groups excluding carboxylic acids is 1. The smallest absolute Gasteiger partial charge is 0.121 e. The van der Waals surface area contributed by atoms with Crippen molar-refractivity contribution in [1.82, 2.24) is 5.32 Å². The second kappa shape index (κ2) is 6.27. The van der Waals surface area contributed by atoms with Gasteiger partial charge >= 0.3 is 0 Å². The van der Waals surface area contributed by atoms with Crippen LogP contribution in [0.5, 0.6) is 5.75 Å². The Morgan fingerprint density at radius 2 is 1.81 bits per heavy atom. The summed E-state index contributed by atoms with van der Waals surface area (Å²) in [6, 6.07) is 8.11. The molecule has 0 aliphatic heterocycles. The number of allylic oxidation sites excluding steroid dienone is 2. The molecule has 1 unspecified atom stereocenters. The molecule has 0 fully saturated rings. The first-order valence-electron chi connectivity index (χ1n) is 7.26. The lowest BCUT2D eigenvalue weighted by Gasteiger charge is -2.46. The van der Waals surface area contributed by atoms with Crippen molar-refractivity contribution in [3.8, 4) is 5.75 Å². The lowest BCUT2D eigenvalue weighted by Crippen LogP contribution is -2.52. The second-order valence-corrected chi connectivity index (χ2v) is 5.86. The third-order valence-corrected chi connectivity index (χ3v) is 4.20. The van der Waals surface area contributed by atoms with Crippen LogP contribution in [0.2, 0.25) is 0 Å². The zero-order chi connectivity index (χ0) is 15.3. The molecule has 0 heterocycles. The number of aldehydes is 1. The van der Waals surface area contributed by atoms with Gasteiger partial charge in [-0.15, -0.1) is 0 Å². The summed E-state index contributed by atoms with van der Waals surface area (Å²) in [5.41, 5.74) is 0.746. The molecule has 1 atom stereocenters. The molecule has 0 saturated carbocycles. The first-order chi connectivity index (χ1) is 10.1. The highest BCUT2D eigenvalue weighted by atomic mass is 16.5. The maximum atomic E-state index is 10.6. The molecule has 0 radical (unpaired) electrons. The number of nitrogens with one attached hydrogen (secondary N) is 1. The largest absolute Gasteiger partial charge is 0.497 e. The third kappa shape index (κ3) is 2.93. The highest BCUT2D eigenvalue weighted by Gasteiger charge is 2.43. The normalized spacial score (nSPS) is 23.0. The Balaban J connectivity index is 2.41. The summed E-state index contributed by atoms with van der Waals surface area (Å²) in [5.74, 6) is 0.843. The molecule has 1 N–H and O–H groups in total. The summed E-state index contributed by atoms with van der Waals surface area (Å²) < 4.78 is 5.24. The molecule has 21 heavy (non-hydrogen) atoms. The van der Waals surface area contributed by atoms with Gasteiger partial charge in [0.25, 0.3) is 0 Å². The molecule has 0 saturated heterocycles. The van der Waals surface area contributed by atoms with E-state index in [1.807, 2.05) is 12.1 Å². The number of carbonyl (C=O) groups is 1. The Morgan fingerprint density at radius 1 is 1.14 bits per heavy atom. The molecule has 1 aromatic carbocycles. The standard InChI is InChI=1S/C18H23NO2/c1-17(2)11-4-5-12-18(17,19-13-6-14-20)15-7-9-16(21-3)10-8-15/h4-5,7-12,14,19H,6,13H2,1-3H3. The van der Waals surface area contributed by atoms with Crippen LogP contribution in [0.25, 0.3) is 0 Å². The van der Waals surface area contributed by atoms with Crippen LogP contribution in [0.3, 0.4) is 0 Å². The van der Waals surface area contributed by atoms with Gasteiger partial charge in [-0.25, -0.2) is 0 Å². The van der Waals surface area contributed by atoms with E-state index in [1.165, 1.54) is 5.56 Å². The molecule has 1 aliphatic rings. The van der Waals surface area contributed by atoms with Gasteiger partial charge < -0.3 is 14.8 Å².